The van der Waals surface area contributed by atoms with Crippen LogP contribution >= 0.6 is 0 Å². The zero-order valence-corrected chi connectivity index (χ0v) is 9.59. The SMILES string of the molecule is CCCCC(CNC)c1ccccc1F. The highest BCUT2D eigenvalue weighted by Gasteiger charge is 2.13. The van der Waals surface area contributed by atoms with E-state index in [2.05, 4.69) is 12.2 Å². The summed E-state index contributed by atoms with van der Waals surface area (Å²) in [6.45, 7) is 3.01. The second kappa shape index (κ2) is 6.57. The van der Waals surface area contributed by atoms with Crippen LogP contribution in [0.15, 0.2) is 24.3 Å². The van der Waals surface area contributed by atoms with Crippen molar-refractivity contribution >= 4 is 0 Å². The van der Waals surface area contributed by atoms with E-state index in [0.29, 0.717) is 5.92 Å². The van der Waals surface area contributed by atoms with Crippen molar-refractivity contribution in [2.75, 3.05) is 13.6 Å². The molecule has 1 unspecified atom stereocenters. The van der Waals surface area contributed by atoms with Crippen LogP contribution in [-0.2, 0) is 0 Å². The first-order valence-corrected chi connectivity index (χ1v) is 5.68. The van der Waals surface area contributed by atoms with Crippen LogP contribution in [0.2, 0.25) is 0 Å². The zero-order valence-electron chi connectivity index (χ0n) is 9.59. The Hall–Kier alpha value is -0.890. The molecule has 0 radical (unpaired) electrons. The summed E-state index contributed by atoms with van der Waals surface area (Å²) in [5.74, 6) is 0.227. The van der Waals surface area contributed by atoms with Gasteiger partial charge in [0, 0.05) is 6.54 Å². The molecular formula is C13H20FN. The molecule has 1 nitrogen and oxygen atoms in total. The van der Waals surface area contributed by atoms with Crippen molar-refractivity contribution < 1.29 is 4.39 Å². The van der Waals surface area contributed by atoms with E-state index < -0.39 is 0 Å². The predicted molar refractivity (Wildman–Crippen MR) is 62.6 cm³/mol. The highest BCUT2D eigenvalue weighted by molar-refractivity contribution is 5.22. The van der Waals surface area contributed by atoms with E-state index in [1.807, 2.05) is 19.2 Å². The van der Waals surface area contributed by atoms with E-state index in [0.717, 1.165) is 31.4 Å². The van der Waals surface area contributed by atoms with Gasteiger partial charge in [-0.3, -0.25) is 0 Å². The van der Waals surface area contributed by atoms with Crippen LogP contribution in [0.5, 0.6) is 0 Å². The minimum Gasteiger partial charge on any atom is -0.319 e. The molecule has 2 heteroatoms. The van der Waals surface area contributed by atoms with Crippen molar-refractivity contribution in [1.82, 2.24) is 5.32 Å². The lowest BCUT2D eigenvalue weighted by molar-refractivity contribution is 0.519. The van der Waals surface area contributed by atoms with Crippen LogP contribution in [0.1, 0.15) is 37.7 Å². The number of rotatable bonds is 6. The summed E-state index contributed by atoms with van der Waals surface area (Å²) in [5, 5.41) is 3.14. The summed E-state index contributed by atoms with van der Waals surface area (Å²) in [5.41, 5.74) is 0.848. The number of benzene rings is 1. The Morgan fingerprint density at radius 3 is 2.67 bits per heavy atom. The second-order valence-electron chi connectivity index (χ2n) is 3.92. The summed E-state index contributed by atoms with van der Waals surface area (Å²) in [6.07, 6.45) is 3.37. The van der Waals surface area contributed by atoms with Gasteiger partial charge in [-0.1, -0.05) is 38.0 Å². The summed E-state index contributed by atoms with van der Waals surface area (Å²) < 4.78 is 13.6. The van der Waals surface area contributed by atoms with E-state index >= 15 is 0 Å². The monoisotopic (exact) mass is 209 g/mol. The van der Waals surface area contributed by atoms with E-state index in [1.54, 1.807) is 12.1 Å². The first-order valence-electron chi connectivity index (χ1n) is 5.68. The zero-order chi connectivity index (χ0) is 11.1. The van der Waals surface area contributed by atoms with Crippen LogP contribution in [0.25, 0.3) is 0 Å². The molecule has 1 aromatic carbocycles. The Morgan fingerprint density at radius 1 is 1.33 bits per heavy atom. The molecule has 0 aromatic heterocycles. The smallest absolute Gasteiger partial charge is 0.126 e. The fourth-order valence-electron chi connectivity index (χ4n) is 1.87. The highest BCUT2D eigenvalue weighted by Crippen LogP contribution is 2.23. The van der Waals surface area contributed by atoms with Gasteiger partial charge in [0.15, 0.2) is 0 Å². The van der Waals surface area contributed by atoms with Crippen LogP contribution in [0.4, 0.5) is 4.39 Å². The van der Waals surface area contributed by atoms with Gasteiger partial charge in [-0.15, -0.1) is 0 Å². The van der Waals surface area contributed by atoms with Crippen molar-refractivity contribution in [3.63, 3.8) is 0 Å². The molecule has 15 heavy (non-hydrogen) atoms. The lowest BCUT2D eigenvalue weighted by atomic mass is 9.93. The Kier molecular flexibility index (Phi) is 5.33. The van der Waals surface area contributed by atoms with Crippen LogP contribution < -0.4 is 5.32 Å². The number of likely N-dealkylation sites (N-methyl/N-ethyl adjacent to an activating group) is 1. The third-order valence-electron chi connectivity index (χ3n) is 2.70. The van der Waals surface area contributed by atoms with E-state index in [1.165, 1.54) is 0 Å². The lowest BCUT2D eigenvalue weighted by Crippen LogP contribution is -2.18. The standard InChI is InChI=1S/C13H20FN/c1-3-4-7-11(10-15-2)12-8-5-6-9-13(12)14/h5-6,8-9,11,15H,3-4,7,10H2,1-2H3. The molecule has 0 heterocycles. The molecule has 0 fully saturated rings. The minimum absolute atomic E-state index is 0.0751. The molecule has 0 saturated carbocycles. The van der Waals surface area contributed by atoms with Crippen molar-refractivity contribution in [1.29, 1.82) is 0 Å². The summed E-state index contributed by atoms with van der Waals surface area (Å²) >= 11 is 0. The Labute approximate surface area is 91.7 Å². The average Bonchev–Trinajstić information content (AvgIpc) is 2.25. The van der Waals surface area contributed by atoms with Gasteiger partial charge < -0.3 is 5.32 Å². The summed E-state index contributed by atoms with van der Waals surface area (Å²) in [4.78, 5) is 0. The molecule has 0 aliphatic carbocycles. The number of unbranched alkanes of at least 4 members (excludes halogenated alkanes) is 1. The van der Waals surface area contributed by atoms with Crippen LogP contribution in [0.3, 0.4) is 0 Å². The van der Waals surface area contributed by atoms with E-state index in [4.69, 9.17) is 0 Å². The van der Waals surface area contributed by atoms with Gasteiger partial charge in [-0.25, -0.2) is 4.39 Å². The Morgan fingerprint density at radius 2 is 2.07 bits per heavy atom. The van der Waals surface area contributed by atoms with Gasteiger partial charge in [-0.05, 0) is 31.0 Å². The van der Waals surface area contributed by atoms with E-state index in [-0.39, 0.29) is 5.82 Å². The molecule has 1 rings (SSSR count). The maximum atomic E-state index is 13.6. The number of nitrogens with one attached hydrogen (secondary N) is 1. The second-order valence-corrected chi connectivity index (χ2v) is 3.92. The van der Waals surface area contributed by atoms with Gasteiger partial charge in [0.25, 0.3) is 0 Å². The van der Waals surface area contributed by atoms with Crippen molar-refractivity contribution in [3.8, 4) is 0 Å². The average molecular weight is 209 g/mol. The number of hydrogen-bond donors (Lipinski definition) is 1. The molecule has 1 aromatic rings. The fourth-order valence-corrected chi connectivity index (χ4v) is 1.87. The maximum absolute atomic E-state index is 13.6. The molecule has 0 spiro atoms. The number of halogens is 1. The summed E-state index contributed by atoms with van der Waals surface area (Å²) in [6, 6.07) is 7.10. The molecule has 84 valence electrons. The number of hydrogen-bond acceptors (Lipinski definition) is 1. The lowest BCUT2D eigenvalue weighted by Gasteiger charge is -2.17. The minimum atomic E-state index is -0.0751. The normalized spacial score (nSPS) is 12.7. The molecule has 1 N–H and O–H groups in total. The van der Waals surface area contributed by atoms with Gasteiger partial charge in [0.05, 0.1) is 0 Å². The van der Waals surface area contributed by atoms with Gasteiger partial charge in [-0.2, -0.15) is 0 Å². The van der Waals surface area contributed by atoms with Gasteiger partial charge in [0.1, 0.15) is 5.82 Å². The molecular weight excluding hydrogens is 189 g/mol. The van der Waals surface area contributed by atoms with Crippen LogP contribution in [0, 0.1) is 5.82 Å². The maximum Gasteiger partial charge on any atom is 0.126 e. The van der Waals surface area contributed by atoms with Crippen molar-refractivity contribution in [3.05, 3.63) is 35.6 Å². The van der Waals surface area contributed by atoms with Gasteiger partial charge in [0.2, 0.25) is 0 Å². The van der Waals surface area contributed by atoms with E-state index in [9.17, 15) is 4.39 Å². The Bertz CT molecular complexity index is 286. The molecule has 0 amide bonds. The quantitative estimate of drug-likeness (QED) is 0.758. The van der Waals surface area contributed by atoms with Crippen molar-refractivity contribution in [2.45, 2.75) is 32.1 Å². The van der Waals surface area contributed by atoms with Gasteiger partial charge >= 0.3 is 0 Å². The third-order valence-corrected chi connectivity index (χ3v) is 2.70. The summed E-state index contributed by atoms with van der Waals surface area (Å²) in [7, 11) is 1.92. The molecule has 1 atom stereocenters. The first-order chi connectivity index (χ1) is 7.29. The predicted octanol–water partition coefficient (Wildman–Crippen LogP) is 3.32. The fraction of sp³-hybridized carbons (Fsp3) is 0.538. The van der Waals surface area contributed by atoms with Crippen molar-refractivity contribution in [2.24, 2.45) is 0 Å². The molecule has 0 aliphatic heterocycles. The first kappa shape index (κ1) is 12.2. The third kappa shape index (κ3) is 3.63. The largest absolute Gasteiger partial charge is 0.319 e. The Balaban J connectivity index is 2.74. The highest BCUT2D eigenvalue weighted by atomic mass is 19.1. The molecule has 0 aliphatic rings. The van der Waals surface area contributed by atoms with Crippen LogP contribution in [-0.4, -0.2) is 13.6 Å². The molecule has 0 bridgehead atoms. The topological polar surface area (TPSA) is 12.0 Å². The molecule has 0 saturated heterocycles.